The summed E-state index contributed by atoms with van der Waals surface area (Å²) < 4.78 is 0.930. The van der Waals surface area contributed by atoms with Gasteiger partial charge in [-0.2, -0.15) is 5.10 Å². The largest absolute Gasteiger partial charge is 0.505 e. The van der Waals surface area contributed by atoms with Crippen molar-refractivity contribution in [2.75, 3.05) is 5.73 Å². The van der Waals surface area contributed by atoms with E-state index in [2.05, 4.69) is 15.5 Å². The Kier molecular flexibility index (Phi) is 5.08. The predicted molar refractivity (Wildman–Crippen MR) is 102 cm³/mol. The lowest BCUT2D eigenvalue weighted by atomic mass is 10.1. The number of nitrogen functional groups attached to an aromatic ring is 1. The lowest BCUT2D eigenvalue weighted by Crippen LogP contribution is -2.19. The van der Waals surface area contributed by atoms with Crippen molar-refractivity contribution in [1.29, 1.82) is 0 Å². The Balaban J connectivity index is 1.63. The molecule has 3 rings (SSSR count). The Hall–Kier alpha value is -2.35. The van der Waals surface area contributed by atoms with Gasteiger partial charge in [0.05, 0.1) is 32.9 Å². The highest BCUT2D eigenvalue weighted by molar-refractivity contribution is 7.22. The first-order valence-electron chi connectivity index (χ1n) is 7.07. The summed E-state index contributed by atoms with van der Waals surface area (Å²) in [5, 5.41) is 14.1. The molecular weight excluding hydrogens is 383 g/mol. The lowest BCUT2D eigenvalue weighted by molar-refractivity contribution is -0.120. The minimum Gasteiger partial charge on any atom is -0.505 e. The van der Waals surface area contributed by atoms with Crippen molar-refractivity contribution >= 4 is 62.0 Å². The fourth-order valence-corrected chi connectivity index (χ4v) is 3.46. The molecular formula is C16H12Cl2N4O2S. The highest BCUT2D eigenvalue weighted by Gasteiger charge is 2.07. The third-order valence-electron chi connectivity index (χ3n) is 3.28. The summed E-state index contributed by atoms with van der Waals surface area (Å²) in [6, 6.07) is 8.51. The zero-order chi connectivity index (χ0) is 18.0. The molecule has 0 aliphatic carbocycles. The van der Waals surface area contributed by atoms with E-state index in [1.807, 2.05) is 18.2 Å². The Morgan fingerprint density at radius 2 is 2.04 bits per heavy atom. The van der Waals surface area contributed by atoms with Crippen molar-refractivity contribution < 1.29 is 9.90 Å². The van der Waals surface area contributed by atoms with Crippen LogP contribution >= 0.6 is 34.5 Å². The lowest BCUT2D eigenvalue weighted by Gasteiger charge is -2.02. The number of carbonyl (C=O) groups is 1. The second-order valence-corrected chi connectivity index (χ2v) is 7.03. The monoisotopic (exact) mass is 394 g/mol. The molecule has 0 saturated carbocycles. The van der Waals surface area contributed by atoms with Gasteiger partial charge in [-0.1, -0.05) is 40.6 Å². The molecule has 0 radical (unpaired) electrons. The number of nitrogens with two attached hydrogens (primary N) is 1. The van der Waals surface area contributed by atoms with E-state index in [0.29, 0.717) is 10.7 Å². The number of benzene rings is 2. The quantitative estimate of drug-likeness (QED) is 0.464. The minimum atomic E-state index is -0.274. The molecule has 1 aromatic heterocycles. The Labute approximate surface area is 156 Å². The second-order valence-electron chi connectivity index (χ2n) is 5.16. The van der Waals surface area contributed by atoms with Gasteiger partial charge in [-0.15, -0.1) is 0 Å². The van der Waals surface area contributed by atoms with Crippen LogP contribution in [0.4, 0.5) is 5.13 Å². The first-order valence-corrected chi connectivity index (χ1v) is 8.64. The maximum absolute atomic E-state index is 12.0. The van der Waals surface area contributed by atoms with Gasteiger partial charge in [0.25, 0.3) is 0 Å². The summed E-state index contributed by atoms with van der Waals surface area (Å²) in [7, 11) is 0. The van der Waals surface area contributed by atoms with Crippen LogP contribution in [-0.2, 0) is 11.2 Å². The Bertz CT molecular complexity index is 964. The first-order chi connectivity index (χ1) is 11.9. The van der Waals surface area contributed by atoms with Crippen molar-refractivity contribution in [2.45, 2.75) is 6.42 Å². The van der Waals surface area contributed by atoms with Gasteiger partial charge in [0, 0.05) is 0 Å². The van der Waals surface area contributed by atoms with Crippen LogP contribution in [0.5, 0.6) is 5.75 Å². The number of rotatable bonds is 4. The van der Waals surface area contributed by atoms with Crippen LogP contribution in [0.3, 0.4) is 0 Å². The maximum Gasteiger partial charge on any atom is 0.244 e. The Morgan fingerprint density at radius 1 is 1.32 bits per heavy atom. The number of aromatic hydroxyl groups is 1. The number of anilines is 1. The molecule has 9 heteroatoms. The topological polar surface area (TPSA) is 101 Å². The van der Waals surface area contributed by atoms with Crippen LogP contribution in [0.15, 0.2) is 35.4 Å². The van der Waals surface area contributed by atoms with Gasteiger partial charge < -0.3 is 10.8 Å². The number of halogens is 2. The number of phenols is 1. The molecule has 6 nitrogen and oxygen atoms in total. The van der Waals surface area contributed by atoms with Crippen molar-refractivity contribution in [3.63, 3.8) is 0 Å². The van der Waals surface area contributed by atoms with Gasteiger partial charge in [-0.05, 0) is 35.4 Å². The SMILES string of the molecule is Nc1nc2ccc(CC(=O)N/N=C\c3cc(Cl)c(O)c(Cl)c3)cc2s1. The van der Waals surface area contributed by atoms with Gasteiger partial charge >= 0.3 is 0 Å². The van der Waals surface area contributed by atoms with Crippen molar-refractivity contribution in [1.82, 2.24) is 10.4 Å². The molecule has 0 bridgehead atoms. The third kappa shape index (κ3) is 4.19. The molecule has 1 amide bonds. The third-order valence-corrected chi connectivity index (χ3v) is 4.70. The number of fused-ring (bicyclic) bond motifs is 1. The fourth-order valence-electron chi connectivity index (χ4n) is 2.16. The molecule has 0 atom stereocenters. The van der Waals surface area contributed by atoms with Crippen LogP contribution in [0.1, 0.15) is 11.1 Å². The number of hydrogen-bond donors (Lipinski definition) is 3. The first kappa shape index (κ1) is 17.5. The summed E-state index contributed by atoms with van der Waals surface area (Å²) in [6.45, 7) is 0. The number of hydrogen-bond acceptors (Lipinski definition) is 6. The molecule has 2 aromatic carbocycles. The zero-order valence-electron chi connectivity index (χ0n) is 12.7. The summed E-state index contributed by atoms with van der Waals surface area (Å²) >= 11 is 13.0. The van der Waals surface area contributed by atoms with Gasteiger partial charge in [0.2, 0.25) is 5.91 Å². The summed E-state index contributed by atoms with van der Waals surface area (Å²) in [4.78, 5) is 16.1. The van der Waals surface area contributed by atoms with Crippen molar-refractivity contribution in [3.05, 3.63) is 51.5 Å². The van der Waals surface area contributed by atoms with Crippen LogP contribution in [0, 0.1) is 0 Å². The smallest absolute Gasteiger partial charge is 0.244 e. The van der Waals surface area contributed by atoms with E-state index in [1.54, 1.807) is 0 Å². The van der Waals surface area contributed by atoms with E-state index in [1.165, 1.54) is 29.7 Å². The molecule has 0 saturated heterocycles. The number of aromatic nitrogens is 1. The van der Waals surface area contributed by atoms with Gasteiger partial charge in [-0.25, -0.2) is 10.4 Å². The van der Waals surface area contributed by atoms with Crippen LogP contribution in [0.2, 0.25) is 10.0 Å². The predicted octanol–water partition coefficient (Wildman–Crippen LogP) is 3.58. The van der Waals surface area contributed by atoms with Gasteiger partial charge in [-0.3, -0.25) is 4.79 Å². The van der Waals surface area contributed by atoms with E-state index >= 15 is 0 Å². The highest BCUT2D eigenvalue weighted by atomic mass is 35.5. The highest BCUT2D eigenvalue weighted by Crippen LogP contribution is 2.32. The number of hydrazone groups is 1. The Morgan fingerprint density at radius 3 is 2.76 bits per heavy atom. The average Bonchev–Trinajstić information content (AvgIpc) is 2.91. The van der Waals surface area contributed by atoms with E-state index in [9.17, 15) is 9.90 Å². The molecule has 25 heavy (non-hydrogen) atoms. The maximum atomic E-state index is 12.0. The van der Waals surface area contributed by atoms with Crippen LogP contribution in [0.25, 0.3) is 10.2 Å². The van der Waals surface area contributed by atoms with E-state index in [-0.39, 0.29) is 28.1 Å². The fraction of sp³-hybridized carbons (Fsp3) is 0.0625. The number of amides is 1. The second kappa shape index (κ2) is 7.26. The molecule has 0 unspecified atom stereocenters. The average molecular weight is 395 g/mol. The molecule has 0 aliphatic rings. The number of nitrogens with one attached hydrogen (secondary N) is 1. The summed E-state index contributed by atoms with van der Waals surface area (Å²) in [6.07, 6.45) is 1.56. The van der Waals surface area contributed by atoms with Crippen molar-refractivity contribution in [3.8, 4) is 5.75 Å². The van der Waals surface area contributed by atoms with E-state index < -0.39 is 0 Å². The minimum absolute atomic E-state index is 0.109. The molecule has 0 aliphatic heterocycles. The van der Waals surface area contributed by atoms with Gasteiger partial charge in [0.15, 0.2) is 10.9 Å². The molecule has 128 valence electrons. The number of nitrogens with zero attached hydrogens (tertiary/aromatic N) is 2. The summed E-state index contributed by atoms with van der Waals surface area (Å²) in [5.41, 5.74) is 10.3. The molecule has 0 fully saturated rings. The normalized spacial score (nSPS) is 11.3. The van der Waals surface area contributed by atoms with Crippen LogP contribution in [-0.4, -0.2) is 22.2 Å². The molecule has 0 spiro atoms. The molecule has 4 N–H and O–H groups in total. The van der Waals surface area contributed by atoms with Crippen molar-refractivity contribution in [2.24, 2.45) is 5.10 Å². The van der Waals surface area contributed by atoms with E-state index in [4.69, 9.17) is 28.9 Å². The van der Waals surface area contributed by atoms with Gasteiger partial charge in [0.1, 0.15) is 0 Å². The number of thiazole rings is 1. The number of carbonyl (C=O) groups excluding carboxylic acids is 1. The standard InChI is InChI=1S/C16H12Cl2N4O2S/c17-10-3-9(4-11(18)15(10)24)7-20-22-14(23)6-8-1-2-12-13(5-8)25-16(19)21-12/h1-5,7,24H,6H2,(H2,19,21)(H,22,23)/b20-7-. The number of phenolic OH excluding ortho intramolecular Hbond substituents is 1. The van der Waals surface area contributed by atoms with E-state index in [0.717, 1.165) is 15.8 Å². The molecule has 3 aromatic rings. The summed E-state index contributed by atoms with van der Waals surface area (Å²) in [5.74, 6) is -0.465. The van der Waals surface area contributed by atoms with Crippen LogP contribution < -0.4 is 11.2 Å². The molecule has 1 heterocycles. The zero-order valence-corrected chi connectivity index (χ0v) is 15.0.